The molecule has 2 N–H and O–H groups in total. The second-order valence-corrected chi connectivity index (χ2v) is 4.58. The van der Waals surface area contributed by atoms with Crippen molar-refractivity contribution < 1.29 is 19.4 Å². The number of aliphatic hydroxyl groups is 1. The van der Waals surface area contributed by atoms with E-state index in [1.54, 1.807) is 25.1 Å². The van der Waals surface area contributed by atoms with Crippen LogP contribution in [0, 0.1) is 0 Å². The van der Waals surface area contributed by atoms with E-state index in [-0.39, 0.29) is 12.5 Å². The topological polar surface area (TPSA) is 67.8 Å². The normalized spacial score (nSPS) is 18.4. The summed E-state index contributed by atoms with van der Waals surface area (Å²) in [4.78, 5) is 11.7. The van der Waals surface area contributed by atoms with E-state index in [1.165, 1.54) is 0 Å². The molecule has 2 unspecified atom stereocenters. The molecule has 0 aromatic heterocycles. The van der Waals surface area contributed by atoms with Crippen LogP contribution in [0.2, 0.25) is 0 Å². The van der Waals surface area contributed by atoms with Crippen LogP contribution in [0.15, 0.2) is 18.2 Å². The lowest BCUT2D eigenvalue weighted by Crippen LogP contribution is -2.36. The molecule has 1 aromatic carbocycles. The van der Waals surface area contributed by atoms with Crippen LogP contribution in [-0.2, 0) is 4.79 Å². The lowest BCUT2D eigenvalue weighted by molar-refractivity contribution is -0.127. The number of hydrogen-bond acceptors (Lipinski definition) is 4. The highest BCUT2D eigenvalue weighted by atomic mass is 16.5. The molecule has 0 saturated carbocycles. The molecule has 0 bridgehead atoms. The van der Waals surface area contributed by atoms with Gasteiger partial charge >= 0.3 is 0 Å². The minimum atomic E-state index is -0.575. The highest BCUT2D eigenvalue weighted by Gasteiger charge is 2.23. The molecule has 0 aliphatic carbocycles. The van der Waals surface area contributed by atoms with E-state index < -0.39 is 12.2 Å². The van der Waals surface area contributed by atoms with Crippen LogP contribution in [0.4, 0.5) is 0 Å². The lowest BCUT2D eigenvalue weighted by Gasteiger charge is -2.15. The first-order valence-corrected chi connectivity index (χ1v) is 6.51. The number of hydrogen-bond donors (Lipinski definition) is 2. The molecule has 5 heteroatoms. The Morgan fingerprint density at radius 3 is 3.16 bits per heavy atom. The van der Waals surface area contributed by atoms with Gasteiger partial charge in [0.2, 0.25) is 0 Å². The van der Waals surface area contributed by atoms with Gasteiger partial charge in [0.25, 0.3) is 5.91 Å². The molecule has 5 nitrogen and oxygen atoms in total. The van der Waals surface area contributed by atoms with Crippen LogP contribution in [0.1, 0.15) is 31.9 Å². The highest BCUT2D eigenvalue weighted by Crippen LogP contribution is 2.35. The Bertz CT molecular complexity index is 461. The van der Waals surface area contributed by atoms with Gasteiger partial charge in [-0.3, -0.25) is 4.79 Å². The van der Waals surface area contributed by atoms with Crippen molar-refractivity contribution in [3.05, 3.63) is 23.8 Å². The summed E-state index contributed by atoms with van der Waals surface area (Å²) in [7, 11) is 0. The summed E-state index contributed by atoms with van der Waals surface area (Å²) >= 11 is 0. The van der Waals surface area contributed by atoms with Gasteiger partial charge < -0.3 is 19.9 Å². The summed E-state index contributed by atoms with van der Waals surface area (Å²) in [5.74, 6) is 1.04. The summed E-state index contributed by atoms with van der Waals surface area (Å²) < 4.78 is 10.9. The Morgan fingerprint density at radius 1 is 1.63 bits per heavy atom. The molecule has 1 aliphatic rings. The van der Waals surface area contributed by atoms with Gasteiger partial charge in [-0.1, -0.05) is 6.92 Å². The van der Waals surface area contributed by atoms with Crippen molar-refractivity contribution in [3.8, 4) is 11.5 Å². The molecule has 0 radical (unpaired) electrons. The third kappa shape index (κ3) is 3.17. The quantitative estimate of drug-likeness (QED) is 0.844. The molecule has 1 amide bonds. The molecule has 0 saturated heterocycles. The van der Waals surface area contributed by atoms with Crippen molar-refractivity contribution in [3.63, 3.8) is 0 Å². The van der Waals surface area contributed by atoms with Crippen molar-refractivity contribution in [2.45, 2.75) is 32.5 Å². The number of ether oxygens (including phenoxy) is 2. The van der Waals surface area contributed by atoms with Crippen LogP contribution < -0.4 is 14.8 Å². The van der Waals surface area contributed by atoms with Crippen LogP contribution >= 0.6 is 0 Å². The van der Waals surface area contributed by atoms with E-state index in [2.05, 4.69) is 5.32 Å². The first-order chi connectivity index (χ1) is 9.11. The number of fused-ring (bicyclic) bond motifs is 1. The number of amides is 1. The number of benzene rings is 1. The largest absolute Gasteiger partial charge is 0.490 e. The molecule has 19 heavy (non-hydrogen) atoms. The van der Waals surface area contributed by atoms with E-state index in [1.807, 2.05) is 6.92 Å². The lowest BCUT2D eigenvalue weighted by atomic mass is 10.1. The van der Waals surface area contributed by atoms with Gasteiger partial charge in [0.15, 0.2) is 6.10 Å². The summed E-state index contributed by atoms with van der Waals surface area (Å²) in [5, 5.41) is 12.4. The smallest absolute Gasteiger partial charge is 0.260 e. The second kappa shape index (κ2) is 5.93. The molecule has 2 rings (SSSR count). The third-order valence-corrected chi connectivity index (χ3v) is 2.97. The van der Waals surface area contributed by atoms with Crippen molar-refractivity contribution in [2.24, 2.45) is 0 Å². The zero-order chi connectivity index (χ0) is 13.8. The van der Waals surface area contributed by atoms with Gasteiger partial charge in [-0.05, 0) is 25.5 Å². The maximum Gasteiger partial charge on any atom is 0.260 e. The number of carbonyl (C=O) groups is 1. The predicted octanol–water partition coefficient (Wildman–Crippen LogP) is 1.41. The molecule has 2 atom stereocenters. The zero-order valence-corrected chi connectivity index (χ0v) is 11.2. The van der Waals surface area contributed by atoms with Gasteiger partial charge in [-0.15, -0.1) is 0 Å². The Kier molecular flexibility index (Phi) is 4.27. The Balaban J connectivity index is 1.98. The minimum Gasteiger partial charge on any atom is -0.490 e. The van der Waals surface area contributed by atoms with Crippen LogP contribution in [0.25, 0.3) is 0 Å². The SMILES string of the molecule is CCCNC(=O)C(C)Oc1ccc2c(c1)OCC2O. The fraction of sp³-hybridized carbons (Fsp3) is 0.500. The monoisotopic (exact) mass is 265 g/mol. The molecule has 1 aliphatic heterocycles. The van der Waals surface area contributed by atoms with Crippen molar-refractivity contribution in [2.75, 3.05) is 13.2 Å². The number of rotatable bonds is 5. The summed E-state index contributed by atoms with van der Waals surface area (Å²) in [5.41, 5.74) is 0.760. The number of aliphatic hydroxyl groups excluding tert-OH is 1. The van der Waals surface area contributed by atoms with Gasteiger partial charge in [0.1, 0.15) is 24.2 Å². The average Bonchev–Trinajstić information content (AvgIpc) is 2.77. The zero-order valence-electron chi connectivity index (χ0n) is 11.2. The summed E-state index contributed by atoms with van der Waals surface area (Å²) in [6.07, 6.45) is -0.242. The van der Waals surface area contributed by atoms with Crippen LogP contribution in [-0.4, -0.2) is 30.3 Å². The van der Waals surface area contributed by atoms with E-state index in [9.17, 15) is 9.90 Å². The third-order valence-electron chi connectivity index (χ3n) is 2.97. The van der Waals surface area contributed by atoms with Crippen LogP contribution in [0.3, 0.4) is 0 Å². The van der Waals surface area contributed by atoms with Crippen molar-refractivity contribution in [1.29, 1.82) is 0 Å². The van der Waals surface area contributed by atoms with E-state index >= 15 is 0 Å². The Labute approximate surface area is 112 Å². The number of nitrogens with one attached hydrogen (secondary N) is 1. The van der Waals surface area contributed by atoms with Crippen molar-refractivity contribution in [1.82, 2.24) is 5.32 Å². The Hall–Kier alpha value is -1.75. The second-order valence-electron chi connectivity index (χ2n) is 4.58. The van der Waals surface area contributed by atoms with Crippen molar-refractivity contribution >= 4 is 5.91 Å². The predicted molar refractivity (Wildman–Crippen MR) is 70.3 cm³/mol. The molecular weight excluding hydrogens is 246 g/mol. The summed E-state index contributed by atoms with van der Waals surface area (Å²) in [6.45, 7) is 4.61. The van der Waals surface area contributed by atoms with E-state index in [4.69, 9.17) is 9.47 Å². The molecule has 0 spiro atoms. The number of carbonyl (C=O) groups excluding carboxylic acids is 1. The van der Waals surface area contributed by atoms with Gasteiger partial charge in [0, 0.05) is 18.2 Å². The van der Waals surface area contributed by atoms with E-state index in [0.717, 1.165) is 12.0 Å². The highest BCUT2D eigenvalue weighted by molar-refractivity contribution is 5.80. The molecule has 1 aromatic rings. The van der Waals surface area contributed by atoms with Gasteiger partial charge in [-0.2, -0.15) is 0 Å². The maximum atomic E-state index is 11.7. The first kappa shape index (κ1) is 13.7. The molecule has 0 fully saturated rings. The average molecular weight is 265 g/mol. The standard InChI is InChI=1S/C14H19NO4/c1-3-6-15-14(17)9(2)19-10-4-5-11-12(16)8-18-13(11)7-10/h4-5,7,9,12,16H,3,6,8H2,1-2H3,(H,15,17). The Morgan fingerprint density at radius 2 is 2.42 bits per heavy atom. The fourth-order valence-electron chi connectivity index (χ4n) is 1.90. The molecule has 1 heterocycles. The molecular formula is C14H19NO4. The van der Waals surface area contributed by atoms with Gasteiger partial charge in [-0.25, -0.2) is 0 Å². The summed E-state index contributed by atoms with van der Waals surface area (Å²) in [6, 6.07) is 5.20. The van der Waals surface area contributed by atoms with E-state index in [0.29, 0.717) is 18.0 Å². The fourth-order valence-corrected chi connectivity index (χ4v) is 1.90. The maximum absolute atomic E-state index is 11.7. The minimum absolute atomic E-state index is 0.136. The van der Waals surface area contributed by atoms with Crippen LogP contribution in [0.5, 0.6) is 11.5 Å². The molecule has 104 valence electrons. The first-order valence-electron chi connectivity index (χ1n) is 6.51. The van der Waals surface area contributed by atoms with Gasteiger partial charge in [0.05, 0.1) is 0 Å².